The maximum Gasteiger partial charge on any atom is 0.127 e. The molecule has 0 aliphatic heterocycles. The molecular formula is C13H16FN3S. The van der Waals surface area contributed by atoms with Crippen molar-refractivity contribution < 1.29 is 4.39 Å². The maximum atomic E-state index is 13.8. The first kappa shape index (κ1) is 13.1. The summed E-state index contributed by atoms with van der Waals surface area (Å²) in [6.45, 7) is 1.89. The Kier molecular flexibility index (Phi) is 4.04. The third-order valence-electron chi connectivity index (χ3n) is 2.63. The number of nitrogens with two attached hydrogens (primary N) is 1. The van der Waals surface area contributed by atoms with Crippen LogP contribution in [0.2, 0.25) is 0 Å². The lowest BCUT2D eigenvalue weighted by Crippen LogP contribution is -2.23. The van der Waals surface area contributed by atoms with Crippen LogP contribution in [0.3, 0.4) is 0 Å². The molecule has 0 saturated carbocycles. The molecule has 0 bridgehead atoms. The molecule has 0 fully saturated rings. The second-order valence-electron chi connectivity index (χ2n) is 4.27. The molecule has 0 aliphatic carbocycles. The zero-order chi connectivity index (χ0) is 13.1. The highest BCUT2D eigenvalue weighted by molar-refractivity contribution is 7.99. The van der Waals surface area contributed by atoms with Crippen LogP contribution >= 0.6 is 11.8 Å². The Morgan fingerprint density at radius 3 is 2.67 bits per heavy atom. The quantitative estimate of drug-likeness (QED) is 0.864. The molecule has 2 rings (SSSR count). The molecule has 3 nitrogen and oxygen atoms in total. The molecule has 1 aromatic carbocycles. The zero-order valence-electron chi connectivity index (χ0n) is 10.4. The standard InChI is InChI=1S/C13H16FN3S/c1-9(15)13(11-5-3-4-6-12(11)14)18-10-7-16-17(2)8-10/h3-9,13H,15H2,1-2H3. The van der Waals surface area contributed by atoms with E-state index in [0.29, 0.717) is 5.56 Å². The minimum absolute atomic E-state index is 0.115. The molecule has 18 heavy (non-hydrogen) atoms. The van der Waals surface area contributed by atoms with E-state index in [-0.39, 0.29) is 17.1 Å². The van der Waals surface area contributed by atoms with Crippen molar-refractivity contribution >= 4 is 11.8 Å². The van der Waals surface area contributed by atoms with Crippen LogP contribution in [0.15, 0.2) is 41.6 Å². The molecule has 1 heterocycles. The molecule has 5 heteroatoms. The van der Waals surface area contributed by atoms with E-state index in [1.165, 1.54) is 17.8 Å². The van der Waals surface area contributed by atoms with Gasteiger partial charge >= 0.3 is 0 Å². The number of rotatable bonds is 4. The van der Waals surface area contributed by atoms with Gasteiger partial charge in [-0.05, 0) is 13.0 Å². The van der Waals surface area contributed by atoms with Crippen molar-refractivity contribution in [3.63, 3.8) is 0 Å². The van der Waals surface area contributed by atoms with Gasteiger partial charge in [-0.3, -0.25) is 4.68 Å². The van der Waals surface area contributed by atoms with E-state index >= 15 is 0 Å². The zero-order valence-corrected chi connectivity index (χ0v) is 11.2. The van der Waals surface area contributed by atoms with Gasteiger partial charge in [0, 0.05) is 29.7 Å². The van der Waals surface area contributed by atoms with E-state index in [9.17, 15) is 4.39 Å². The highest BCUT2D eigenvalue weighted by Crippen LogP contribution is 2.37. The van der Waals surface area contributed by atoms with E-state index in [1.807, 2.05) is 26.2 Å². The van der Waals surface area contributed by atoms with E-state index in [1.54, 1.807) is 23.0 Å². The molecule has 0 saturated heterocycles. The van der Waals surface area contributed by atoms with Crippen LogP contribution in [0.4, 0.5) is 4.39 Å². The van der Waals surface area contributed by atoms with Gasteiger partial charge in [-0.15, -0.1) is 11.8 Å². The predicted molar refractivity (Wildman–Crippen MR) is 71.9 cm³/mol. The van der Waals surface area contributed by atoms with Crippen molar-refractivity contribution in [3.05, 3.63) is 48.0 Å². The summed E-state index contributed by atoms with van der Waals surface area (Å²) in [7, 11) is 1.86. The fourth-order valence-corrected chi connectivity index (χ4v) is 2.91. The first-order valence-electron chi connectivity index (χ1n) is 5.73. The Morgan fingerprint density at radius 1 is 1.39 bits per heavy atom. The molecule has 96 valence electrons. The summed E-state index contributed by atoms with van der Waals surface area (Å²) in [6.07, 6.45) is 3.67. The Labute approximate surface area is 110 Å². The second kappa shape index (κ2) is 5.54. The minimum Gasteiger partial charge on any atom is -0.327 e. The lowest BCUT2D eigenvalue weighted by Gasteiger charge is -2.20. The molecule has 0 amide bonds. The molecule has 0 radical (unpaired) electrons. The SMILES string of the molecule is CC(N)C(Sc1cnn(C)c1)c1ccccc1F. The predicted octanol–water partition coefficient (Wildman–Crippen LogP) is 2.74. The van der Waals surface area contributed by atoms with E-state index in [4.69, 9.17) is 5.73 Å². The molecule has 0 spiro atoms. The summed E-state index contributed by atoms with van der Waals surface area (Å²) in [4.78, 5) is 0.989. The number of nitrogens with zero attached hydrogens (tertiary/aromatic N) is 2. The van der Waals surface area contributed by atoms with Crippen molar-refractivity contribution in [2.24, 2.45) is 12.8 Å². The summed E-state index contributed by atoms with van der Waals surface area (Å²) in [5.41, 5.74) is 6.62. The lowest BCUT2D eigenvalue weighted by molar-refractivity contribution is 0.592. The van der Waals surface area contributed by atoms with Gasteiger partial charge in [-0.25, -0.2) is 4.39 Å². The fourth-order valence-electron chi connectivity index (χ4n) is 1.77. The van der Waals surface area contributed by atoms with Crippen LogP contribution in [-0.2, 0) is 7.05 Å². The third-order valence-corrected chi connectivity index (χ3v) is 4.05. The topological polar surface area (TPSA) is 43.8 Å². The van der Waals surface area contributed by atoms with E-state index < -0.39 is 0 Å². The van der Waals surface area contributed by atoms with Gasteiger partial charge in [0.15, 0.2) is 0 Å². The Balaban J connectivity index is 2.27. The van der Waals surface area contributed by atoms with Crippen LogP contribution in [0.1, 0.15) is 17.7 Å². The average Bonchev–Trinajstić information content (AvgIpc) is 2.73. The molecule has 1 aromatic heterocycles. The van der Waals surface area contributed by atoms with Gasteiger partial charge in [-0.1, -0.05) is 18.2 Å². The molecule has 2 aromatic rings. The molecule has 0 aliphatic rings. The van der Waals surface area contributed by atoms with Gasteiger partial charge in [0.2, 0.25) is 0 Å². The highest BCUT2D eigenvalue weighted by Gasteiger charge is 2.21. The number of benzene rings is 1. The van der Waals surface area contributed by atoms with E-state index in [0.717, 1.165) is 4.90 Å². The number of hydrogen-bond donors (Lipinski definition) is 1. The Hall–Kier alpha value is -1.33. The normalized spacial score (nSPS) is 14.4. The number of halogens is 1. The van der Waals surface area contributed by atoms with Gasteiger partial charge in [0.05, 0.1) is 11.4 Å². The van der Waals surface area contributed by atoms with Crippen molar-refractivity contribution in [3.8, 4) is 0 Å². The van der Waals surface area contributed by atoms with Gasteiger partial charge in [0.25, 0.3) is 0 Å². The lowest BCUT2D eigenvalue weighted by atomic mass is 10.1. The second-order valence-corrected chi connectivity index (χ2v) is 5.48. The fraction of sp³-hybridized carbons (Fsp3) is 0.308. The molecular weight excluding hydrogens is 249 g/mol. The highest BCUT2D eigenvalue weighted by atomic mass is 32.2. The van der Waals surface area contributed by atoms with Crippen molar-refractivity contribution in [2.45, 2.75) is 23.1 Å². The number of aryl methyl sites for hydroxylation is 1. The largest absolute Gasteiger partial charge is 0.327 e. The summed E-state index contributed by atoms with van der Waals surface area (Å²) in [6, 6.07) is 6.62. The third kappa shape index (κ3) is 2.91. The average molecular weight is 265 g/mol. The first-order chi connectivity index (χ1) is 8.58. The van der Waals surface area contributed by atoms with Crippen molar-refractivity contribution in [2.75, 3.05) is 0 Å². The Morgan fingerprint density at radius 2 is 2.11 bits per heavy atom. The monoisotopic (exact) mass is 265 g/mol. The van der Waals surface area contributed by atoms with Gasteiger partial charge in [-0.2, -0.15) is 5.10 Å². The van der Waals surface area contributed by atoms with Gasteiger partial charge in [0.1, 0.15) is 5.82 Å². The van der Waals surface area contributed by atoms with Crippen LogP contribution in [-0.4, -0.2) is 15.8 Å². The Bertz CT molecular complexity index is 524. The summed E-state index contributed by atoms with van der Waals surface area (Å²) in [5.74, 6) is -0.212. The number of hydrogen-bond acceptors (Lipinski definition) is 3. The minimum atomic E-state index is -0.212. The molecule has 2 unspecified atom stereocenters. The van der Waals surface area contributed by atoms with Crippen molar-refractivity contribution in [1.29, 1.82) is 0 Å². The first-order valence-corrected chi connectivity index (χ1v) is 6.61. The van der Waals surface area contributed by atoms with Crippen LogP contribution in [0.5, 0.6) is 0 Å². The summed E-state index contributed by atoms with van der Waals surface area (Å²) >= 11 is 1.54. The van der Waals surface area contributed by atoms with Crippen molar-refractivity contribution in [1.82, 2.24) is 9.78 Å². The number of thioether (sulfide) groups is 1. The summed E-state index contributed by atoms with van der Waals surface area (Å²) < 4.78 is 15.5. The molecule has 2 atom stereocenters. The summed E-state index contributed by atoms with van der Waals surface area (Å²) in [5, 5.41) is 3.99. The van der Waals surface area contributed by atoms with Gasteiger partial charge < -0.3 is 5.73 Å². The van der Waals surface area contributed by atoms with E-state index in [2.05, 4.69) is 5.10 Å². The maximum absolute atomic E-state index is 13.8. The van der Waals surface area contributed by atoms with Crippen LogP contribution in [0, 0.1) is 5.82 Å². The smallest absolute Gasteiger partial charge is 0.127 e. The number of aromatic nitrogens is 2. The van der Waals surface area contributed by atoms with Crippen LogP contribution in [0.25, 0.3) is 0 Å². The van der Waals surface area contributed by atoms with Crippen LogP contribution < -0.4 is 5.73 Å². The molecule has 2 N–H and O–H groups in total.